The average molecular weight is 419 g/mol. The molecule has 1 atom stereocenters. The molecule has 156 valence electrons. The summed E-state index contributed by atoms with van der Waals surface area (Å²) in [4.78, 5) is 12.5. The van der Waals surface area contributed by atoms with Gasteiger partial charge in [-0.2, -0.15) is 28.5 Å². The van der Waals surface area contributed by atoms with Crippen LogP contribution in [-0.2, 0) is 4.79 Å². The molecule has 3 rings (SSSR count). The Morgan fingerprint density at radius 1 is 1.30 bits per heavy atom. The molecule has 2 aromatic rings. The summed E-state index contributed by atoms with van der Waals surface area (Å²) in [6, 6.07) is 13.9. The van der Waals surface area contributed by atoms with Gasteiger partial charge in [0.1, 0.15) is 17.6 Å². The highest BCUT2D eigenvalue weighted by molar-refractivity contribution is 6.03. The Morgan fingerprint density at radius 3 is 2.70 bits per heavy atom. The number of carbonyl (C=O) groups excluding carboxylic acids is 1. The molecule has 30 heavy (non-hydrogen) atoms. The van der Waals surface area contributed by atoms with Crippen molar-refractivity contribution < 1.29 is 32.5 Å². The molecule has 10 heteroatoms. The van der Waals surface area contributed by atoms with Gasteiger partial charge in [0.05, 0.1) is 24.8 Å². The van der Waals surface area contributed by atoms with Crippen molar-refractivity contribution >= 4 is 11.6 Å². The second-order valence-electron chi connectivity index (χ2n) is 6.37. The number of aliphatic hydroxyl groups is 1. The van der Waals surface area contributed by atoms with Crippen molar-refractivity contribution in [1.29, 1.82) is 5.26 Å². The van der Waals surface area contributed by atoms with E-state index >= 15 is 0 Å². The molecule has 0 radical (unpaired) electrons. The topological polar surface area (TPSA) is 95.1 Å². The molecular formula is C20H16F3N3O4. The van der Waals surface area contributed by atoms with Crippen molar-refractivity contribution in [3.05, 3.63) is 59.7 Å². The van der Waals surface area contributed by atoms with Crippen LogP contribution in [0.1, 0.15) is 17.5 Å². The summed E-state index contributed by atoms with van der Waals surface area (Å²) in [5.74, 6) is -0.812. The van der Waals surface area contributed by atoms with Crippen molar-refractivity contribution in [1.82, 2.24) is 5.01 Å². The van der Waals surface area contributed by atoms with E-state index in [1.54, 1.807) is 24.3 Å². The molecule has 2 aromatic carbocycles. The van der Waals surface area contributed by atoms with Crippen LogP contribution in [0.25, 0.3) is 0 Å². The molecule has 0 saturated carbocycles. The standard InChI is InChI=1S/C20H16F3N3O4/c1-29-15-7-4-6-13(9-15)16-10-19(28,20(21,22)23)26(25-16)18(27)12-30-17-8-3-2-5-14(17)11-24/h2-9,28H,10,12H2,1H3/t19-/m0/s1. The number of nitrogens with zero attached hydrogens (tertiary/aromatic N) is 3. The van der Waals surface area contributed by atoms with Crippen molar-refractivity contribution in [3.8, 4) is 17.6 Å². The summed E-state index contributed by atoms with van der Waals surface area (Å²) in [7, 11) is 1.40. The number of benzene rings is 2. The average Bonchev–Trinajstić information content (AvgIpc) is 3.11. The summed E-state index contributed by atoms with van der Waals surface area (Å²) in [5, 5.41) is 23.1. The van der Waals surface area contributed by atoms with Gasteiger partial charge in [-0.1, -0.05) is 24.3 Å². The maximum Gasteiger partial charge on any atom is 0.438 e. The van der Waals surface area contributed by atoms with Gasteiger partial charge in [0, 0.05) is 5.56 Å². The Labute approximate surface area is 169 Å². The predicted molar refractivity (Wildman–Crippen MR) is 98.7 cm³/mol. The molecule has 0 aromatic heterocycles. The number of hydrazone groups is 1. The number of carbonyl (C=O) groups is 1. The number of hydrogen-bond acceptors (Lipinski definition) is 6. The minimum Gasteiger partial charge on any atom is -0.497 e. The fraction of sp³-hybridized carbons (Fsp3) is 0.250. The number of ether oxygens (including phenoxy) is 2. The number of alkyl halides is 3. The van der Waals surface area contributed by atoms with E-state index in [4.69, 9.17) is 14.7 Å². The largest absolute Gasteiger partial charge is 0.497 e. The van der Waals surface area contributed by atoms with E-state index in [0.717, 1.165) is 0 Å². The molecule has 0 fully saturated rings. The number of nitriles is 1. The van der Waals surface area contributed by atoms with E-state index < -0.39 is 30.8 Å². The fourth-order valence-electron chi connectivity index (χ4n) is 2.88. The first-order valence-corrected chi connectivity index (χ1v) is 8.65. The van der Waals surface area contributed by atoms with Crippen molar-refractivity contribution in [2.24, 2.45) is 5.10 Å². The smallest absolute Gasteiger partial charge is 0.438 e. The molecule has 0 aliphatic carbocycles. The molecule has 7 nitrogen and oxygen atoms in total. The van der Waals surface area contributed by atoms with Crippen LogP contribution in [-0.4, -0.2) is 47.4 Å². The van der Waals surface area contributed by atoms with E-state index in [-0.39, 0.29) is 27.6 Å². The monoisotopic (exact) mass is 419 g/mol. The Morgan fingerprint density at radius 2 is 2.03 bits per heavy atom. The van der Waals surface area contributed by atoms with Crippen LogP contribution < -0.4 is 9.47 Å². The lowest BCUT2D eigenvalue weighted by molar-refractivity contribution is -0.302. The number of methoxy groups -OCH3 is 1. The van der Waals surface area contributed by atoms with Gasteiger partial charge in [0.15, 0.2) is 6.61 Å². The third kappa shape index (κ3) is 3.92. The first-order valence-electron chi connectivity index (χ1n) is 8.65. The quantitative estimate of drug-likeness (QED) is 0.804. The van der Waals surface area contributed by atoms with E-state index in [9.17, 15) is 23.1 Å². The van der Waals surface area contributed by atoms with Crippen LogP contribution in [0.5, 0.6) is 11.5 Å². The molecule has 0 bridgehead atoms. The number of halogens is 3. The van der Waals surface area contributed by atoms with E-state index in [1.807, 2.05) is 6.07 Å². The first kappa shape index (κ1) is 21.1. The predicted octanol–water partition coefficient (Wildman–Crippen LogP) is 2.83. The molecular weight excluding hydrogens is 403 g/mol. The van der Waals surface area contributed by atoms with Crippen LogP contribution in [0.15, 0.2) is 53.6 Å². The van der Waals surface area contributed by atoms with Crippen molar-refractivity contribution in [3.63, 3.8) is 0 Å². The summed E-state index contributed by atoms with van der Waals surface area (Å²) in [5.41, 5.74) is -3.29. The minimum absolute atomic E-state index is 0.0171. The zero-order chi connectivity index (χ0) is 21.9. The first-order chi connectivity index (χ1) is 14.2. The van der Waals surface area contributed by atoms with Crippen LogP contribution >= 0.6 is 0 Å². The molecule has 1 aliphatic rings. The van der Waals surface area contributed by atoms with Crippen LogP contribution in [0.3, 0.4) is 0 Å². The summed E-state index contributed by atoms with van der Waals surface area (Å²) >= 11 is 0. The highest BCUT2D eigenvalue weighted by Gasteiger charge is 2.63. The molecule has 0 saturated heterocycles. The minimum atomic E-state index is -5.17. The van der Waals surface area contributed by atoms with Gasteiger partial charge in [-0.15, -0.1) is 0 Å². The Balaban J connectivity index is 1.89. The van der Waals surface area contributed by atoms with Crippen molar-refractivity contribution in [2.75, 3.05) is 13.7 Å². The molecule has 0 unspecified atom stereocenters. The van der Waals surface area contributed by atoms with E-state index in [2.05, 4.69) is 5.10 Å². The van der Waals surface area contributed by atoms with Gasteiger partial charge in [0.2, 0.25) is 0 Å². The maximum absolute atomic E-state index is 13.6. The molecule has 1 heterocycles. The lowest BCUT2D eigenvalue weighted by Gasteiger charge is -2.32. The molecule has 0 spiro atoms. The zero-order valence-electron chi connectivity index (χ0n) is 15.7. The number of amides is 1. The van der Waals surface area contributed by atoms with Crippen molar-refractivity contribution in [2.45, 2.75) is 18.3 Å². The molecule has 1 amide bonds. The number of hydrogen-bond donors (Lipinski definition) is 1. The SMILES string of the molecule is COc1cccc(C2=NN(C(=O)COc3ccccc3C#N)[C@@](O)(C(F)(F)F)C2)c1. The lowest BCUT2D eigenvalue weighted by atomic mass is 10.0. The second kappa shape index (κ2) is 8.04. The number of rotatable bonds is 5. The summed E-state index contributed by atoms with van der Waals surface area (Å²) in [6.45, 7) is -0.855. The fourth-order valence-corrected chi connectivity index (χ4v) is 2.88. The summed E-state index contributed by atoms with van der Waals surface area (Å²) < 4.78 is 51.2. The van der Waals surface area contributed by atoms with E-state index in [0.29, 0.717) is 5.75 Å². The molecule has 1 aliphatic heterocycles. The maximum atomic E-state index is 13.6. The number of para-hydroxylation sites is 1. The van der Waals surface area contributed by atoms with Gasteiger partial charge in [-0.25, -0.2) is 0 Å². The summed E-state index contributed by atoms with van der Waals surface area (Å²) in [6.07, 6.45) is -6.12. The second-order valence-corrected chi connectivity index (χ2v) is 6.37. The lowest BCUT2D eigenvalue weighted by Crippen LogP contribution is -2.57. The Kier molecular flexibility index (Phi) is 5.67. The highest BCUT2D eigenvalue weighted by atomic mass is 19.4. The van der Waals surface area contributed by atoms with E-state index in [1.165, 1.54) is 31.4 Å². The molecule has 1 N–H and O–H groups in total. The van der Waals surface area contributed by atoms with Gasteiger partial charge in [-0.05, 0) is 24.3 Å². The van der Waals surface area contributed by atoms with Crippen LogP contribution in [0.4, 0.5) is 13.2 Å². The Bertz CT molecular complexity index is 1030. The van der Waals surface area contributed by atoms with Gasteiger partial charge in [0.25, 0.3) is 11.6 Å². The third-order valence-electron chi connectivity index (χ3n) is 4.44. The van der Waals surface area contributed by atoms with Gasteiger partial charge in [-0.3, -0.25) is 4.79 Å². The third-order valence-corrected chi connectivity index (χ3v) is 4.44. The van der Waals surface area contributed by atoms with Crippen LogP contribution in [0, 0.1) is 11.3 Å². The van der Waals surface area contributed by atoms with Gasteiger partial charge >= 0.3 is 6.18 Å². The zero-order valence-corrected chi connectivity index (χ0v) is 15.7. The van der Waals surface area contributed by atoms with Crippen LogP contribution in [0.2, 0.25) is 0 Å². The normalized spacial score (nSPS) is 18.5. The van der Waals surface area contributed by atoms with Gasteiger partial charge < -0.3 is 14.6 Å². The Hall–Kier alpha value is -3.58. The highest BCUT2D eigenvalue weighted by Crippen LogP contribution is 2.41.